The first-order valence-corrected chi connectivity index (χ1v) is 12.4. The molecule has 176 valence electrons. The molecule has 0 saturated carbocycles. The van der Waals surface area contributed by atoms with Crippen LogP contribution in [0.1, 0.15) is 17.0 Å². The van der Waals surface area contributed by atoms with Gasteiger partial charge in [0.05, 0.1) is 15.9 Å². The Morgan fingerprint density at radius 1 is 0.914 bits per heavy atom. The van der Waals surface area contributed by atoms with Crippen molar-refractivity contribution >= 4 is 44.2 Å². The summed E-state index contributed by atoms with van der Waals surface area (Å²) in [4.78, 5) is 17.0. The molecule has 9 nitrogen and oxygen atoms in total. The average molecular weight is 486 g/mol. The highest BCUT2D eigenvalue weighted by atomic mass is 32.2. The molecule has 0 spiro atoms. The van der Waals surface area contributed by atoms with Gasteiger partial charge in [-0.25, -0.2) is 23.5 Å². The number of nitrogens with zero attached hydrogens (tertiary/aromatic N) is 3. The number of H-pyrrole nitrogens is 1. The van der Waals surface area contributed by atoms with E-state index in [9.17, 15) is 8.42 Å². The summed E-state index contributed by atoms with van der Waals surface area (Å²) in [6.07, 6.45) is 2.39. The van der Waals surface area contributed by atoms with E-state index in [0.29, 0.717) is 23.9 Å². The zero-order valence-electron chi connectivity index (χ0n) is 18.9. The first kappa shape index (κ1) is 22.5. The molecular formula is C25H23N7O2S. The van der Waals surface area contributed by atoms with Crippen molar-refractivity contribution in [2.45, 2.75) is 18.2 Å². The Kier molecular flexibility index (Phi) is 5.89. The minimum absolute atomic E-state index is 0.0396. The molecule has 0 saturated heterocycles. The van der Waals surface area contributed by atoms with Crippen LogP contribution < -0.4 is 15.8 Å². The molecule has 10 heteroatoms. The summed E-state index contributed by atoms with van der Waals surface area (Å²) in [6, 6.07) is 22.1. The van der Waals surface area contributed by atoms with E-state index in [0.717, 1.165) is 33.7 Å². The number of aryl methyl sites for hydroxylation is 1. The number of para-hydroxylation sites is 2. The molecule has 5 aromatic rings. The molecule has 0 aliphatic rings. The van der Waals surface area contributed by atoms with Gasteiger partial charge in [0, 0.05) is 29.6 Å². The standard InChI is InChI=1S/C25H23N7O2S/c1-16-15-27-25(29-18-9-11-20(12-10-18)35(26,33)34)32-24(16)28-19-6-4-5-17(13-19)14-23-30-21-7-2-3-8-22(21)31-23/h2-13,15H,14H2,1H3,(H,30,31)(H2,26,33,34)(H2,27,28,29,32). The highest BCUT2D eigenvalue weighted by Crippen LogP contribution is 2.23. The number of hydrogen-bond donors (Lipinski definition) is 4. The molecule has 5 rings (SSSR count). The topological polar surface area (TPSA) is 139 Å². The van der Waals surface area contributed by atoms with Crippen LogP contribution in [0.4, 0.5) is 23.1 Å². The maximum Gasteiger partial charge on any atom is 0.238 e. The van der Waals surface area contributed by atoms with Crippen molar-refractivity contribution in [3.63, 3.8) is 0 Å². The van der Waals surface area contributed by atoms with Crippen LogP contribution in [0.3, 0.4) is 0 Å². The van der Waals surface area contributed by atoms with Crippen molar-refractivity contribution in [3.8, 4) is 0 Å². The van der Waals surface area contributed by atoms with Gasteiger partial charge in [0.2, 0.25) is 16.0 Å². The molecule has 0 bridgehead atoms. The van der Waals surface area contributed by atoms with Crippen molar-refractivity contribution in [1.82, 2.24) is 19.9 Å². The molecule has 0 radical (unpaired) electrons. The summed E-state index contributed by atoms with van der Waals surface area (Å²) in [7, 11) is -3.74. The zero-order valence-corrected chi connectivity index (χ0v) is 19.7. The Labute approximate surface area is 202 Å². The first-order valence-electron chi connectivity index (χ1n) is 10.9. The first-order chi connectivity index (χ1) is 16.8. The number of fused-ring (bicyclic) bond motifs is 1. The Balaban J connectivity index is 1.32. The molecule has 3 aromatic carbocycles. The van der Waals surface area contributed by atoms with Gasteiger partial charge in [-0.15, -0.1) is 0 Å². The Morgan fingerprint density at radius 2 is 1.71 bits per heavy atom. The van der Waals surface area contributed by atoms with Gasteiger partial charge in [0.15, 0.2) is 0 Å². The molecule has 2 aromatic heterocycles. The number of nitrogens with two attached hydrogens (primary N) is 1. The van der Waals surface area contributed by atoms with Crippen LogP contribution in [-0.4, -0.2) is 28.4 Å². The number of sulfonamides is 1. The van der Waals surface area contributed by atoms with Gasteiger partial charge >= 0.3 is 0 Å². The lowest BCUT2D eigenvalue weighted by molar-refractivity contribution is 0.598. The normalized spacial score (nSPS) is 11.5. The number of nitrogens with one attached hydrogen (secondary N) is 3. The molecule has 5 N–H and O–H groups in total. The Bertz CT molecular complexity index is 1580. The largest absolute Gasteiger partial charge is 0.342 e. The lowest BCUT2D eigenvalue weighted by atomic mass is 10.1. The third-order valence-electron chi connectivity index (χ3n) is 5.41. The molecule has 0 amide bonds. The number of imidazole rings is 1. The summed E-state index contributed by atoms with van der Waals surface area (Å²) in [5.41, 5.74) is 5.49. The zero-order chi connectivity index (χ0) is 24.4. The number of benzene rings is 3. The summed E-state index contributed by atoms with van der Waals surface area (Å²) >= 11 is 0. The van der Waals surface area contributed by atoms with Crippen LogP contribution in [0.15, 0.2) is 83.9 Å². The van der Waals surface area contributed by atoms with E-state index >= 15 is 0 Å². The van der Waals surface area contributed by atoms with Gasteiger partial charge in [-0.1, -0.05) is 24.3 Å². The van der Waals surface area contributed by atoms with Gasteiger partial charge in [-0.05, 0) is 61.0 Å². The second-order valence-corrected chi connectivity index (χ2v) is 9.68. The number of rotatable bonds is 7. The second-order valence-electron chi connectivity index (χ2n) is 8.12. The van der Waals surface area contributed by atoms with Crippen LogP contribution in [0.25, 0.3) is 11.0 Å². The lowest BCUT2D eigenvalue weighted by Crippen LogP contribution is -2.11. The smallest absolute Gasteiger partial charge is 0.238 e. The van der Waals surface area contributed by atoms with E-state index in [1.54, 1.807) is 18.3 Å². The minimum atomic E-state index is -3.74. The summed E-state index contributed by atoms with van der Waals surface area (Å²) < 4.78 is 22.9. The van der Waals surface area contributed by atoms with Crippen LogP contribution in [0, 0.1) is 6.92 Å². The number of aromatic amines is 1. The molecule has 2 heterocycles. The highest BCUT2D eigenvalue weighted by molar-refractivity contribution is 7.89. The molecular weight excluding hydrogens is 462 g/mol. The molecule has 35 heavy (non-hydrogen) atoms. The van der Waals surface area contributed by atoms with Crippen molar-refractivity contribution in [3.05, 3.63) is 95.9 Å². The van der Waals surface area contributed by atoms with Crippen LogP contribution in [0.2, 0.25) is 0 Å². The maximum absolute atomic E-state index is 11.4. The van der Waals surface area contributed by atoms with Crippen LogP contribution in [-0.2, 0) is 16.4 Å². The SMILES string of the molecule is Cc1cnc(Nc2ccc(S(N)(=O)=O)cc2)nc1Nc1cccc(Cc2nc3ccccc3[nH]2)c1. The van der Waals surface area contributed by atoms with Crippen molar-refractivity contribution in [2.75, 3.05) is 10.6 Å². The van der Waals surface area contributed by atoms with E-state index in [1.807, 2.05) is 43.3 Å². The Hall–Kier alpha value is -4.28. The lowest BCUT2D eigenvalue weighted by Gasteiger charge is -2.12. The fraction of sp³-hybridized carbons (Fsp3) is 0.0800. The monoisotopic (exact) mass is 485 g/mol. The summed E-state index contributed by atoms with van der Waals surface area (Å²) in [5.74, 6) is 1.94. The number of anilines is 4. The van der Waals surface area contributed by atoms with Crippen molar-refractivity contribution in [1.29, 1.82) is 0 Å². The van der Waals surface area contributed by atoms with Crippen LogP contribution >= 0.6 is 0 Å². The van der Waals surface area contributed by atoms with E-state index in [1.165, 1.54) is 12.1 Å². The van der Waals surface area contributed by atoms with E-state index in [2.05, 4.69) is 42.7 Å². The van der Waals surface area contributed by atoms with E-state index in [-0.39, 0.29) is 4.90 Å². The van der Waals surface area contributed by atoms with Gasteiger partial charge < -0.3 is 15.6 Å². The van der Waals surface area contributed by atoms with E-state index < -0.39 is 10.0 Å². The average Bonchev–Trinajstić information content (AvgIpc) is 3.23. The fourth-order valence-electron chi connectivity index (χ4n) is 3.66. The van der Waals surface area contributed by atoms with E-state index in [4.69, 9.17) is 5.14 Å². The van der Waals surface area contributed by atoms with Crippen molar-refractivity contribution < 1.29 is 8.42 Å². The summed E-state index contributed by atoms with van der Waals surface area (Å²) in [5, 5.41) is 11.6. The molecule has 0 aliphatic carbocycles. The maximum atomic E-state index is 11.4. The molecule has 0 fully saturated rings. The minimum Gasteiger partial charge on any atom is -0.342 e. The van der Waals surface area contributed by atoms with Crippen molar-refractivity contribution in [2.24, 2.45) is 5.14 Å². The Morgan fingerprint density at radius 3 is 2.49 bits per heavy atom. The van der Waals surface area contributed by atoms with Gasteiger partial charge in [0.25, 0.3) is 0 Å². The number of primary sulfonamides is 1. The second kappa shape index (κ2) is 9.16. The van der Waals surface area contributed by atoms with Gasteiger partial charge in [-0.3, -0.25) is 0 Å². The highest BCUT2D eigenvalue weighted by Gasteiger charge is 2.09. The fourth-order valence-corrected chi connectivity index (χ4v) is 4.18. The molecule has 0 atom stereocenters. The predicted octanol–water partition coefficient (Wildman–Crippen LogP) is 4.39. The molecule has 0 aliphatic heterocycles. The number of aromatic nitrogens is 4. The third-order valence-corrected chi connectivity index (χ3v) is 6.34. The quantitative estimate of drug-likeness (QED) is 0.268. The predicted molar refractivity (Wildman–Crippen MR) is 136 cm³/mol. The molecule has 0 unspecified atom stereocenters. The van der Waals surface area contributed by atoms with Crippen LogP contribution in [0.5, 0.6) is 0 Å². The number of hydrogen-bond acceptors (Lipinski definition) is 7. The van der Waals surface area contributed by atoms with Gasteiger partial charge in [-0.2, -0.15) is 4.98 Å². The summed E-state index contributed by atoms with van der Waals surface area (Å²) in [6.45, 7) is 1.92. The van der Waals surface area contributed by atoms with Gasteiger partial charge in [0.1, 0.15) is 11.6 Å². The third kappa shape index (κ3) is 5.29.